The van der Waals surface area contributed by atoms with Crippen molar-refractivity contribution >= 4 is 43.8 Å². The molecule has 11 heteroatoms. The maximum Gasteiger partial charge on any atom is 0.407 e. The Kier molecular flexibility index (Phi) is 12.2. The highest BCUT2D eigenvalue weighted by Gasteiger charge is 2.25. The zero-order chi connectivity index (χ0) is 27.7. The van der Waals surface area contributed by atoms with Gasteiger partial charge in [0, 0.05) is 30.1 Å². The number of alkyl carbamates (subject to hydrolysis) is 1. The quantitative estimate of drug-likeness (QED) is 0.217. The van der Waals surface area contributed by atoms with Crippen LogP contribution >= 0.6 is 15.9 Å². The van der Waals surface area contributed by atoms with Gasteiger partial charge in [0.05, 0.1) is 19.3 Å². The summed E-state index contributed by atoms with van der Waals surface area (Å²) < 4.78 is 38.5. The van der Waals surface area contributed by atoms with Gasteiger partial charge in [-0.15, -0.1) is 0 Å². The third kappa shape index (κ3) is 14.0. The average molecular weight is 594 g/mol. The molecule has 0 spiro atoms. The van der Waals surface area contributed by atoms with Gasteiger partial charge >= 0.3 is 12.1 Å². The molecular weight excluding hydrogens is 552 g/mol. The second-order valence-electron chi connectivity index (χ2n) is 10.7. The number of halogens is 1. The fraction of sp³-hybridized carbons (Fsp3) is 0.680. The Bertz CT molecular complexity index is 955. The first-order valence-electron chi connectivity index (χ1n) is 11.8. The van der Waals surface area contributed by atoms with Gasteiger partial charge in [-0.3, -0.25) is 8.98 Å². The van der Waals surface area contributed by atoms with Crippen molar-refractivity contribution in [2.45, 2.75) is 78.6 Å². The molecule has 0 aromatic heterocycles. The van der Waals surface area contributed by atoms with E-state index in [9.17, 15) is 18.0 Å². The standard InChI is InChI=1S/C25H41BrN2O7S/c1-18-9-10-21(28(12-11-26)13-14-33-36(8,31)32)16-19(18)15-20(17-22(29)34-24(2,3)4)27-23(30)35-25(5,6)7/h9-10,16,20H,11-15,17H2,1-8H3,(H,27,30)/t20-/m1/s1. The lowest BCUT2D eigenvalue weighted by atomic mass is 9.98. The number of benzene rings is 1. The van der Waals surface area contributed by atoms with Crippen molar-refractivity contribution in [2.24, 2.45) is 0 Å². The first kappa shape index (κ1) is 32.2. The van der Waals surface area contributed by atoms with E-state index in [0.717, 1.165) is 23.1 Å². The predicted octanol–water partition coefficient (Wildman–Crippen LogP) is 4.34. The van der Waals surface area contributed by atoms with Crippen LogP contribution in [0.25, 0.3) is 0 Å². The number of hydrogen-bond donors (Lipinski definition) is 1. The molecule has 0 aliphatic rings. The average Bonchev–Trinajstić information content (AvgIpc) is 2.65. The number of amides is 1. The fourth-order valence-electron chi connectivity index (χ4n) is 3.34. The first-order valence-corrected chi connectivity index (χ1v) is 14.8. The van der Waals surface area contributed by atoms with Crippen LogP contribution in [0.5, 0.6) is 0 Å². The number of rotatable bonds is 12. The van der Waals surface area contributed by atoms with Gasteiger partial charge in [0.1, 0.15) is 11.2 Å². The monoisotopic (exact) mass is 592 g/mol. The van der Waals surface area contributed by atoms with Gasteiger partial charge in [-0.05, 0) is 78.1 Å². The number of nitrogens with one attached hydrogen (secondary N) is 1. The van der Waals surface area contributed by atoms with Crippen molar-refractivity contribution in [2.75, 3.05) is 36.2 Å². The van der Waals surface area contributed by atoms with E-state index >= 15 is 0 Å². The Morgan fingerprint density at radius 1 is 1.06 bits per heavy atom. The van der Waals surface area contributed by atoms with Gasteiger partial charge < -0.3 is 19.7 Å². The topological polar surface area (TPSA) is 111 Å². The van der Waals surface area contributed by atoms with Crippen molar-refractivity contribution in [3.05, 3.63) is 29.3 Å². The fourth-order valence-corrected chi connectivity index (χ4v) is 4.15. The number of nitrogens with zero attached hydrogens (tertiary/aromatic N) is 1. The van der Waals surface area contributed by atoms with Crippen molar-refractivity contribution in [3.8, 4) is 0 Å². The molecule has 0 radical (unpaired) electrons. The Balaban J connectivity index is 3.15. The summed E-state index contributed by atoms with van der Waals surface area (Å²) in [6.45, 7) is 13.7. The zero-order valence-electron chi connectivity index (χ0n) is 22.6. The molecule has 0 fully saturated rings. The lowest BCUT2D eigenvalue weighted by Gasteiger charge is -2.27. The van der Waals surface area contributed by atoms with E-state index < -0.39 is 39.4 Å². The first-order chi connectivity index (χ1) is 16.4. The summed E-state index contributed by atoms with van der Waals surface area (Å²) in [5.74, 6) is -0.420. The van der Waals surface area contributed by atoms with Gasteiger partial charge in [-0.1, -0.05) is 22.0 Å². The minimum atomic E-state index is -3.53. The molecule has 0 heterocycles. The molecule has 1 aromatic rings. The van der Waals surface area contributed by atoms with Gasteiger partial charge in [0.2, 0.25) is 0 Å². The Hall–Kier alpha value is -1.85. The van der Waals surface area contributed by atoms with Crippen LogP contribution in [0.15, 0.2) is 18.2 Å². The summed E-state index contributed by atoms with van der Waals surface area (Å²) in [4.78, 5) is 27.1. The number of carbonyl (C=O) groups is 2. The lowest BCUT2D eigenvalue weighted by Crippen LogP contribution is -2.42. The van der Waals surface area contributed by atoms with E-state index in [-0.39, 0.29) is 13.0 Å². The molecule has 0 aliphatic carbocycles. The minimum absolute atomic E-state index is 0.0203. The molecule has 206 valence electrons. The Morgan fingerprint density at radius 3 is 2.19 bits per heavy atom. The summed E-state index contributed by atoms with van der Waals surface area (Å²) in [7, 11) is -3.53. The number of carbonyl (C=O) groups excluding carboxylic acids is 2. The molecule has 1 aromatic carbocycles. The van der Waals surface area contributed by atoms with Crippen LogP contribution in [-0.2, 0) is 35.0 Å². The maximum absolute atomic E-state index is 12.6. The van der Waals surface area contributed by atoms with Gasteiger partial charge in [0.15, 0.2) is 0 Å². The third-order valence-corrected chi connectivity index (χ3v) is 5.68. The normalized spacial score (nSPS) is 13.1. The summed E-state index contributed by atoms with van der Waals surface area (Å²) in [5.41, 5.74) is 1.47. The van der Waals surface area contributed by atoms with Gasteiger partial charge in [-0.2, -0.15) is 8.42 Å². The zero-order valence-corrected chi connectivity index (χ0v) is 25.0. The van der Waals surface area contributed by atoms with E-state index in [4.69, 9.17) is 13.7 Å². The molecule has 0 unspecified atom stereocenters. The van der Waals surface area contributed by atoms with Crippen molar-refractivity contribution < 1.29 is 31.7 Å². The van der Waals surface area contributed by atoms with Crippen LogP contribution in [0, 0.1) is 6.92 Å². The second kappa shape index (κ2) is 13.6. The maximum atomic E-state index is 12.6. The van der Waals surface area contributed by atoms with Crippen LogP contribution in [0.3, 0.4) is 0 Å². The SMILES string of the molecule is Cc1ccc(N(CCBr)CCOS(C)(=O)=O)cc1C[C@H](CC(=O)OC(C)(C)C)NC(=O)OC(C)(C)C. The van der Waals surface area contributed by atoms with Crippen LogP contribution in [0.1, 0.15) is 59.1 Å². The molecule has 1 amide bonds. The Labute approximate surface area is 224 Å². The molecular formula is C25H41BrN2O7S. The number of esters is 1. The number of anilines is 1. The highest BCUT2D eigenvalue weighted by atomic mass is 79.9. The lowest BCUT2D eigenvalue weighted by molar-refractivity contribution is -0.155. The molecule has 9 nitrogen and oxygen atoms in total. The molecule has 1 atom stereocenters. The second-order valence-corrected chi connectivity index (χ2v) is 13.1. The summed E-state index contributed by atoms with van der Waals surface area (Å²) >= 11 is 3.44. The highest BCUT2D eigenvalue weighted by Crippen LogP contribution is 2.22. The number of aryl methyl sites for hydroxylation is 1. The van der Waals surface area contributed by atoms with Crippen molar-refractivity contribution in [1.82, 2.24) is 5.32 Å². The number of alkyl halides is 1. The summed E-state index contributed by atoms with van der Waals surface area (Å²) in [6.07, 6.45) is 0.769. The Morgan fingerprint density at radius 2 is 1.67 bits per heavy atom. The molecule has 1 N–H and O–H groups in total. The van der Waals surface area contributed by atoms with Crippen LogP contribution in [-0.4, -0.2) is 69.0 Å². The number of hydrogen-bond acceptors (Lipinski definition) is 8. The van der Waals surface area contributed by atoms with E-state index in [2.05, 4.69) is 21.2 Å². The third-order valence-electron chi connectivity index (χ3n) is 4.73. The predicted molar refractivity (Wildman–Crippen MR) is 145 cm³/mol. The van der Waals surface area contributed by atoms with Crippen molar-refractivity contribution in [3.63, 3.8) is 0 Å². The van der Waals surface area contributed by atoms with E-state index in [1.165, 1.54) is 0 Å². The summed E-state index contributed by atoms with van der Waals surface area (Å²) in [6, 6.07) is 5.34. The van der Waals surface area contributed by atoms with Gasteiger partial charge in [0.25, 0.3) is 10.1 Å². The van der Waals surface area contributed by atoms with Crippen LogP contribution in [0.4, 0.5) is 10.5 Å². The van der Waals surface area contributed by atoms with Crippen molar-refractivity contribution in [1.29, 1.82) is 0 Å². The molecule has 0 aliphatic heterocycles. The minimum Gasteiger partial charge on any atom is -0.460 e. The molecule has 0 bridgehead atoms. The van der Waals surface area contributed by atoms with Crippen LogP contribution < -0.4 is 10.2 Å². The van der Waals surface area contributed by atoms with Crippen LogP contribution in [0.2, 0.25) is 0 Å². The molecule has 1 rings (SSSR count). The molecule has 0 saturated heterocycles. The number of ether oxygens (including phenoxy) is 2. The van der Waals surface area contributed by atoms with E-state index in [1.54, 1.807) is 41.5 Å². The summed E-state index contributed by atoms with van der Waals surface area (Å²) in [5, 5.41) is 3.50. The largest absolute Gasteiger partial charge is 0.460 e. The highest BCUT2D eigenvalue weighted by molar-refractivity contribution is 9.09. The molecule has 36 heavy (non-hydrogen) atoms. The van der Waals surface area contributed by atoms with E-state index in [0.29, 0.717) is 24.8 Å². The van der Waals surface area contributed by atoms with E-state index in [1.807, 2.05) is 30.0 Å². The smallest absolute Gasteiger partial charge is 0.407 e. The molecule has 0 saturated carbocycles. The van der Waals surface area contributed by atoms with Gasteiger partial charge in [-0.25, -0.2) is 4.79 Å².